The number of rotatable bonds is 4. The van der Waals surface area contributed by atoms with Gasteiger partial charge in [-0.15, -0.1) is 6.58 Å². The van der Waals surface area contributed by atoms with E-state index in [1.807, 2.05) is 18.2 Å². The van der Waals surface area contributed by atoms with Gasteiger partial charge in [-0.25, -0.2) is 4.79 Å². The fourth-order valence-corrected chi connectivity index (χ4v) is 1.62. The second-order valence-corrected chi connectivity index (χ2v) is 3.87. The molecule has 0 spiro atoms. The van der Waals surface area contributed by atoms with Gasteiger partial charge in [-0.1, -0.05) is 42.5 Å². The van der Waals surface area contributed by atoms with Gasteiger partial charge in [0.05, 0.1) is 0 Å². The second kappa shape index (κ2) is 6.40. The summed E-state index contributed by atoms with van der Waals surface area (Å²) in [6.45, 7) is 3.67. The fourth-order valence-electron chi connectivity index (χ4n) is 1.62. The first-order valence-corrected chi connectivity index (χ1v) is 5.93. The minimum Gasteiger partial charge on any atom is -0.395 e. The van der Waals surface area contributed by atoms with Crippen molar-refractivity contribution in [3.8, 4) is 11.5 Å². The average Bonchev–Trinajstić information content (AvgIpc) is 2.42. The van der Waals surface area contributed by atoms with Crippen LogP contribution in [0.15, 0.2) is 67.3 Å². The topological polar surface area (TPSA) is 35.5 Å². The molecule has 0 N–H and O–H groups in total. The molecule has 96 valence electrons. The van der Waals surface area contributed by atoms with E-state index >= 15 is 0 Å². The van der Waals surface area contributed by atoms with Crippen molar-refractivity contribution in [3.05, 3.63) is 72.8 Å². The molecular formula is C16H14O3. The summed E-state index contributed by atoms with van der Waals surface area (Å²) in [7, 11) is 0. The first-order chi connectivity index (χ1) is 9.29. The quantitative estimate of drug-likeness (QED) is 0.470. The molecule has 0 unspecified atom stereocenters. The maximum Gasteiger partial charge on any atom is 0.519 e. The van der Waals surface area contributed by atoms with E-state index in [9.17, 15) is 4.79 Å². The summed E-state index contributed by atoms with van der Waals surface area (Å²) in [5.41, 5.74) is 0.891. The van der Waals surface area contributed by atoms with Crippen molar-refractivity contribution in [1.29, 1.82) is 0 Å². The van der Waals surface area contributed by atoms with Gasteiger partial charge in [-0.2, -0.15) is 0 Å². The molecule has 0 amide bonds. The van der Waals surface area contributed by atoms with Crippen molar-refractivity contribution in [2.75, 3.05) is 0 Å². The highest BCUT2D eigenvalue weighted by atomic mass is 16.7. The van der Waals surface area contributed by atoms with E-state index in [1.54, 1.807) is 42.5 Å². The van der Waals surface area contributed by atoms with Crippen molar-refractivity contribution in [3.63, 3.8) is 0 Å². The van der Waals surface area contributed by atoms with Crippen molar-refractivity contribution >= 4 is 6.16 Å². The highest BCUT2D eigenvalue weighted by Gasteiger charge is 2.10. The third-order valence-corrected chi connectivity index (χ3v) is 2.47. The van der Waals surface area contributed by atoms with Crippen molar-refractivity contribution in [2.24, 2.45) is 0 Å². The van der Waals surface area contributed by atoms with Crippen LogP contribution in [0.5, 0.6) is 11.5 Å². The predicted molar refractivity (Wildman–Crippen MR) is 73.4 cm³/mol. The molecule has 0 aliphatic heterocycles. The molecule has 0 fully saturated rings. The van der Waals surface area contributed by atoms with Gasteiger partial charge in [0, 0.05) is 0 Å². The fraction of sp³-hybridized carbons (Fsp3) is 0.0625. The lowest BCUT2D eigenvalue weighted by atomic mass is 10.1. The van der Waals surface area contributed by atoms with Gasteiger partial charge in [-0.3, -0.25) is 0 Å². The van der Waals surface area contributed by atoms with Gasteiger partial charge in [0.15, 0.2) is 0 Å². The molecule has 0 saturated heterocycles. The number of hydrogen-bond acceptors (Lipinski definition) is 3. The molecule has 0 radical (unpaired) electrons. The van der Waals surface area contributed by atoms with Crippen LogP contribution >= 0.6 is 0 Å². The lowest BCUT2D eigenvalue weighted by Gasteiger charge is -2.08. The van der Waals surface area contributed by atoms with Crippen LogP contribution in [0.25, 0.3) is 0 Å². The number of ether oxygens (including phenoxy) is 2. The van der Waals surface area contributed by atoms with Crippen LogP contribution in [0, 0.1) is 0 Å². The number of carbonyl (C=O) groups excluding carboxylic acids is 1. The SMILES string of the molecule is C=CCc1ccccc1OC(=O)Oc1ccccc1. The third kappa shape index (κ3) is 3.71. The summed E-state index contributed by atoms with van der Waals surface area (Å²) in [5, 5.41) is 0. The van der Waals surface area contributed by atoms with Crippen LogP contribution in [0.1, 0.15) is 5.56 Å². The van der Waals surface area contributed by atoms with E-state index in [0.717, 1.165) is 5.56 Å². The smallest absolute Gasteiger partial charge is 0.395 e. The molecule has 2 aromatic rings. The van der Waals surface area contributed by atoms with Crippen LogP contribution in [0.2, 0.25) is 0 Å². The Kier molecular flexibility index (Phi) is 4.34. The van der Waals surface area contributed by atoms with Crippen molar-refractivity contribution < 1.29 is 14.3 Å². The van der Waals surface area contributed by atoms with E-state index in [2.05, 4.69) is 6.58 Å². The lowest BCUT2D eigenvalue weighted by Crippen LogP contribution is -2.14. The second-order valence-electron chi connectivity index (χ2n) is 3.87. The molecule has 19 heavy (non-hydrogen) atoms. The molecule has 0 bridgehead atoms. The molecule has 0 aliphatic carbocycles. The highest BCUT2D eigenvalue weighted by Crippen LogP contribution is 2.20. The molecule has 3 heteroatoms. The van der Waals surface area contributed by atoms with E-state index in [1.165, 1.54) is 0 Å². The van der Waals surface area contributed by atoms with Gasteiger partial charge in [-0.05, 0) is 30.2 Å². The Morgan fingerprint density at radius 2 is 1.68 bits per heavy atom. The maximum absolute atomic E-state index is 11.7. The van der Waals surface area contributed by atoms with Gasteiger partial charge in [0.1, 0.15) is 11.5 Å². The molecule has 0 atom stereocenters. The molecule has 3 nitrogen and oxygen atoms in total. The lowest BCUT2D eigenvalue weighted by molar-refractivity contribution is 0.151. The number of carbonyl (C=O) groups is 1. The first kappa shape index (κ1) is 12.9. The van der Waals surface area contributed by atoms with Crippen LogP contribution in [0.3, 0.4) is 0 Å². The summed E-state index contributed by atoms with van der Waals surface area (Å²) in [6, 6.07) is 16.1. The monoisotopic (exact) mass is 254 g/mol. The zero-order valence-corrected chi connectivity index (χ0v) is 10.4. The van der Waals surface area contributed by atoms with Gasteiger partial charge < -0.3 is 9.47 Å². The standard InChI is InChI=1S/C16H14O3/c1-2-8-13-9-6-7-12-15(13)19-16(17)18-14-10-4-3-5-11-14/h2-7,9-12H,1,8H2. The minimum atomic E-state index is -0.747. The predicted octanol–water partition coefficient (Wildman–Crippen LogP) is 3.99. The summed E-state index contributed by atoms with van der Waals surface area (Å²) in [6.07, 6.45) is 1.64. The third-order valence-electron chi connectivity index (χ3n) is 2.47. The Bertz CT molecular complexity index is 561. The zero-order chi connectivity index (χ0) is 13.5. The molecular weight excluding hydrogens is 240 g/mol. The van der Waals surface area contributed by atoms with Crippen LogP contribution in [-0.2, 0) is 6.42 Å². The summed E-state index contributed by atoms with van der Waals surface area (Å²) in [4.78, 5) is 11.7. The first-order valence-electron chi connectivity index (χ1n) is 5.93. The van der Waals surface area contributed by atoms with Gasteiger partial charge >= 0.3 is 6.16 Å². The molecule has 0 aliphatic rings. The normalized spacial score (nSPS) is 9.68. The Hall–Kier alpha value is -2.55. The zero-order valence-electron chi connectivity index (χ0n) is 10.4. The molecule has 2 rings (SSSR count). The van der Waals surface area contributed by atoms with Crippen molar-refractivity contribution in [1.82, 2.24) is 0 Å². The number of para-hydroxylation sites is 2. The molecule has 0 saturated carbocycles. The molecule has 2 aromatic carbocycles. The molecule has 0 heterocycles. The largest absolute Gasteiger partial charge is 0.519 e. The van der Waals surface area contributed by atoms with E-state index in [-0.39, 0.29) is 0 Å². The van der Waals surface area contributed by atoms with Crippen LogP contribution in [-0.4, -0.2) is 6.16 Å². The van der Waals surface area contributed by atoms with Crippen molar-refractivity contribution in [2.45, 2.75) is 6.42 Å². The molecule has 0 aromatic heterocycles. The average molecular weight is 254 g/mol. The Morgan fingerprint density at radius 1 is 1.00 bits per heavy atom. The Morgan fingerprint density at radius 3 is 2.42 bits per heavy atom. The van der Waals surface area contributed by atoms with Crippen LogP contribution in [0.4, 0.5) is 4.79 Å². The van der Waals surface area contributed by atoms with E-state index in [0.29, 0.717) is 17.9 Å². The Labute approximate surface area is 112 Å². The minimum absolute atomic E-state index is 0.453. The van der Waals surface area contributed by atoms with Crippen LogP contribution < -0.4 is 9.47 Å². The van der Waals surface area contributed by atoms with Gasteiger partial charge in [0.25, 0.3) is 0 Å². The Balaban J connectivity index is 2.05. The number of allylic oxidation sites excluding steroid dienone is 1. The summed E-state index contributed by atoms with van der Waals surface area (Å²) < 4.78 is 10.3. The number of hydrogen-bond donors (Lipinski definition) is 0. The van der Waals surface area contributed by atoms with Gasteiger partial charge in [0.2, 0.25) is 0 Å². The van der Waals surface area contributed by atoms with E-state index < -0.39 is 6.16 Å². The van der Waals surface area contributed by atoms with E-state index in [4.69, 9.17) is 9.47 Å². The highest BCUT2D eigenvalue weighted by molar-refractivity contribution is 5.67. The summed E-state index contributed by atoms with van der Waals surface area (Å²) >= 11 is 0. The summed E-state index contributed by atoms with van der Waals surface area (Å²) in [5.74, 6) is 0.942. The maximum atomic E-state index is 11.7. The number of benzene rings is 2.